The Bertz CT molecular complexity index is 473. The van der Waals surface area contributed by atoms with Gasteiger partial charge >= 0.3 is 0 Å². The van der Waals surface area contributed by atoms with E-state index in [0.717, 1.165) is 5.69 Å². The van der Waals surface area contributed by atoms with E-state index in [0.29, 0.717) is 12.8 Å². The second-order valence-corrected chi connectivity index (χ2v) is 4.74. The number of nitrogens with zero attached hydrogens (tertiary/aromatic N) is 2. The summed E-state index contributed by atoms with van der Waals surface area (Å²) in [4.78, 5) is 32.3. The van der Waals surface area contributed by atoms with Gasteiger partial charge < -0.3 is 20.3 Å². The molecule has 2 aliphatic rings. The lowest BCUT2D eigenvalue weighted by Gasteiger charge is -2.34. The van der Waals surface area contributed by atoms with Gasteiger partial charge in [0.05, 0.1) is 12.4 Å². The Morgan fingerprint density at radius 1 is 1.50 bits per heavy atom. The van der Waals surface area contributed by atoms with Crippen LogP contribution in [0.4, 0.5) is 0 Å². The van der Waals surface area contributed by atoms with Gasteiger partial charge in [-0.05, 0) is 0 Å². The summed E-state index contributed by atoms with van der Waals surface area (Å²) in [6.45, 7) is 0.246. The largest absolute Gasteiger partial charge is 0.391 e. The highest BCUT2D eigenvalue weighted by Crippen LogP contribution is 2.23. The highest BCUT2D eigenvalue weighted by molar-refractivity contribution is 5.97. The van der Waals surface area contributed by atoms with Gasteiger partial charge in [-0.2, -0.15) is 0 Å². The van der Waals surface area contributed by atoms with Gasteiger partial charge in [-0.1, -0.05) is 0 Å². The Labute approximate surface area is 103 Å². The van der Waals surface area contributed by atoms with Crippen LogP contribution in [0.1, 0.15) is 12.1 Å². The van der Waals surface area contributed by atoms with E-state index in [1.165, 1.54) is 11.2 Å². The lowest BCUT2D eigenvalue weighted by molar-refractivity contribution is -0.147. The average Bonchev–Trinajstić information content (AvgIpc) is 2.95. The molecule has 0 bridgehead atoms. The summed E-state index contributed by atoms with van der Waals surface area (Å²) in [6.07, 6.45) is 3.28. The van der Waals surface area contributed by atoms with Crippen molar-refractivity contribution in [3.05, 3.63) is 18.2 Å². The molecule has 7 heteroatoms. The summed E-state index contributed by atoms with van der Waals surface area (Å²) in [5.41, 5.74) is 0.798. The van der Waals surface area contributed by atoms with Gasteiger partial charge in [-0.25, -0.2) is 4.98 Å². The van der Waals surface area contributed by atoms with Crippen molar-refractivity contribution in [2.24, 2.45) is 0 Å². The van der Waals surface area contributed by atoms with E-state index in [1.807, 2.05) is 0 Å². The molecule has 7 nitrogen and oxygen atoms in total. The van der Waals surface area contributed by atoms with Gasteiger partial charge in [0.25, 0.3) is 0 Å². The van der Waals surface area contributed by atoms with Crippen molar-refractivity contribution in [3.8, 4) is 0 Å². The number of carbonyl (C=O) groups excluding carboxylic acids is 2. The van der Waals surface area contributed by atoms with E-state index in [1.54, 1.807) is 6.20 Å². The van der Waals surface area contributed by atoms with Crippen molar-refractivity contribution in [2.75, 3.05) is 6.54 Å². The van der Waals surface area contributed by atoms with Crippen LogP contribution in [0.5, 0.6) is 0 Å². The predicted molar refractivity (Wildman–Crippen MR) is 60.3 cm³/mol. The number of hydrogen-bond donors (Lipinski definition) is 3. The number of imidazole rings is 1. The SMILES string of the molecule is O=C1N[C@@H](Cc2cnc[nH]2)C(=O)N2C[C@H](O)C[C@@H]12. The smallest absolute Gasteiger partial charge is 0.246 e. The maximum Gasteiger partial charge on any atom is 0.246 e. The van der Waals surface area contributed by atoms with Gasteiger partial charge in [0, 0.05) is 31.3 Å². The molecule has 0 aromatic carbocycles. The molecule has 0 radical (unpaired) electrons. The number of rotatable bonds is 2. The number of aromatic nitrogens is 2. The number of piperazine rings is 1. The van der Waals surface area contributed by atoms with E-state index in [4.69, 9.17) is 0 Å². The number of hydrogen-bond acceptors (Lipinski definition) is 4. The Kier molecular flexibility index (Phi) is 2.55. The third-order valence-electron chi connectivity index (χ3n) is 3.46. The van der Waals surface area contributed by atoms with Crippen LogP contribution in [0.3, 0.4) is 0 Å². The summed E-state index contributed by atoms with van der Waals surface area (Å²) < 4.78 is 0. The maximum atomic E-state index is 12.2. The lowest BCUT2D eigenvalue weighted by Crippen LogP contribution is -2.61. The van der Waals surface area contributed by atoms with Crippen molar-refractivity contribution in [2.45, 2.75) is 31.0 Å². The van der Waals surface area contributed by atoms with E-state index in [2.05, 4.69) is 15.3 Å². The molecular formula is C11H14N4O3. The zero-order chi connectivity index (χ0) is 12.7. The molecule has 3 heterocycles. The first-order valence-corrected chi connectivity index (χ1v) is 5.91. The molecule has 3 atom stereocenters. The molecule has 3 rings (SSSR count). The highest BCUT2D eigenvalue weighted by atomic mass is 16.3. The summed E-state index contributed by atoms with van der Waals surface area (Å²) in [5, 5.41) is 12.3. The Balaban J connectivity index is 1.77. The summed E-state index contributed by atoms with van der Waals surface area (Å²) in [5.74, 6) is -0.318. The van der Waals surface area contributed by atoms with Crippen molar-refractivity contribution in [1.29, 1.82) is 0 Å². The zero-order valence-corrected chi connectivity index (χ0v) is 9.67. The molecule has 2 fully saturated rings. The summed E-state index contributed by atoms with van der Waals surface area (Å²) in [6, 6.07) is -1.08. The van der Waals surface area contributed by atoms with Gasteiger partial charge in [0.2, 0.25) is 11.8 Å². The second kappa shape index (κ2) is 4.09. The Hall–Kier alpha value is -1.89. The topological polar surface area (TPSA) is 98.3 Å². The molecule has 1 aromatic heterocycles. The first-order valence-electron chi connectivity index (χ1n) is 5.91. The van der Waals surface area contributed by atoms with Crippen molar-refractivity contribution in [1.82, 2.24) is 20.2 Å². The Morgan fingerprint density at radius 3 is 3.06 bits per heavy atom. The molecule has 96 valence electrons. The van der Waals surface area contributed by atoms with E-state index >= 15 is 0 Å². The first kappa shape index (κ1) is 11.2. The van der Waals surface area contributed by atoms with Gasteiger partial charge in [-0.15, -0.1) is 0 Å². The van der Waals surface area contributed by atoms with Crippen LogP contribution in [0.25, 0.3) is 0 Å². The van der Waals surface area contributed by atoms with Gasteiger partial charge in [0.15, 0.2) is 0 Å². The van der Waals surface area contributed by atoms with Crippen molar-refractivity contribution in [3.63, 3.8) is 0 Å². The predicted octanol–water partition coefficient (Wildman–Crippen LogP) is -1.59. The number of amides is 2. The standard InChI is InChI=1S/C11H14N4O3/c16-7-2-9-10(17)14-8(11(18)15(9)4-7)1-6-3-12-5-13-6/h3,5,7-9,16H,1-2,4H2,(H,12,13)(H,14,17)/t7-,8+,9+/m1/s1. The summed E-state index contributed by atoms with van der Waals surface area (Å²) in [7, 11) is 0. The monoisotopic (exact) mass is 250 g/mol. The molecule has 18 heavy (non-hydrogen) atoms. The number of fused-ring (bicyclic) bond motifs is 1. The first-order chi connectivity index (χ1) is 8.65. The highest BCUT2D eigenvalue weighted by Gasteiger charge is 2.45. The van der Waals surface area contributed by atoms with Crippen LogP contribution in [0.15, 0.2) is 12.5 Å². The molecule has 2 amide bonds. The van der Waals surface area contributed by atoms with Crippen LogP contribution in [-0.4, -0.2) is 56.5 Å². The average molecular weight is 250 g/mol. The number of aliphatic hydroxyl groups excluding tert-OH is 1. The van der Waals surface area contributed by atoms with E-state index in [9.17, 15) is 14.7 Å². The number of carbonyl (C=O) groups is 2. The molecule has 3 N–H and O–H groups in total. The fourth-order valence-corrected chi connectivity index (χ4v) is 2.59. The van der Waals surface area contributed by atoms with Crippen molar-refractivity contribution < 1.29 is 14.7 Å². The molecule has 0 spiro atoms. The normalized spacial score (nSPS) is 31.4. The number of aliphatic hydroxyl groups is 1. The summed E-state index contributed by atoms with van der Waals surface area (Å²) >= 11 is 0. The fraction of sp³-hybridized carbons (Fsp3) is 0.545. The van der Waals surface area contributed by atoms with Gasteiger partial charge in [-0.3, -0.25) is 9.59 Å². The van der Waals surface area contributed by atoms with Crippen LogP contribution in [-0.2, 0) is 16.0 Å². The Morgan fingerprint density at radius 2 is 2.33 bits per heavy atom. The van der Waals surface area contributed by atoms with E-state index in [-0.39, 0.29) is 18.4 Å². The van der Waals surface area contributed by atoms with Gasteiger partial charge in [0.1, 0.15) is 12.1 Å². The third-order valence-corrected chi connectivity index (χ3v) is 3.46. The van der Waals surface area contributed by atoms with Crippen LogP contribution in [0, 0.1) is 0 Å². The lowest BCUT2D eigenvalue weighted by atomic mass is 10.0. The maximum absolute atomic E-state index is 12.2. The van der Waals surface area contributed by atoms with E-state index < -0.39 is 18.2 Å². The minimum Gasteiger partial charge on any atom is -0.391 e. The second-order valence-electron chi connectivity index (χ2n) is 4.74. The van der Waals surface area contributed by atoms with Crippen LogP contribution in [0.2, 0.25) is 0 Å². The van der Waals surface area contributed by atoms with Crippen LogP contribution < -0.4 is 5.32 Å². The number of nitrogens with one attached hydrogen (secondary N) is 2. The molecule has 1 aromatic rings. The molecule has 0 saturated carbocycles. The quantitative estimate of drug-likeness (QED) is 0.589. The third kappa shape index (κ3) is 1.76. The molecule has 0 aliphatic carbocycles. The van der Waals surface area contributed by atoms with Crippen molar-refractivity contribution >= 4 is 11.8 Å². The molecular weight excluding hydrogens is 236 g/mol. The molecule has 0 unspecified atom stereocenters. The minimum atomic E-state index is -0.601. The zero-order valence-electron chi connectivity index (χ0n) is 9.67. The molecule has 2 aliphatic heterocycles. The minimum absolute atomic E-state index is 0.134. The fourth-order valence-electron chi connectivity index (χ4n) is 2.59. The molecule has 2 saturated heterocycles. The van der Waals surface area contributed by atoms with Crippen LogP contribution >= 0.6 is 0 Å². The number of aromatic amines is 1. The number of H-pyrrole nitrogens is 1.